The van der Waals surface area contributed by atoms with Crippen molar-refractivity contribution in [1.82, 2.24) is 29.9 Å². The van der Waals surface area contributed by atoms with Crippen LogP contribution in [0.5, 0.6) is 0 Å². The second-order valence-electron chi connectivity index (χ2n) is 13.6. The number of aryl methyl sites for hydroxylation is 1. The molecule has 4 amide bonds. The highest BCUT2D eigenvalue weighted by Gasteiger charge is 2.32. The Bertz CT molecular complexity index is 1680. The molecule has 3 aromatic rings. The summed E-state index contributed by atoms with van der Waals surface area (Å²) >= 11 is 0. The monoisotopic (exact) mass is 700 g/mol. The van der Waals surface area contributed by atoms with Crippen LogP contribution < -0.4 is 10.6 Å². The molecular weight excluding hydrogens is 651 g/mol. The fourth-order valence-electron chi connectivity index (χ4n) is 6.83. The van der Waals surface area contributed by atoms with Gasteiger partial charge in [0.1, 0.15) is 17.6 Å². The van der Waals surface area contributed by atoms with Crippen LogP contribution in [0.4, 0.5) is 10.1 Å². The molecule has 0 spiro atoms. The number of nitrogens with one attached hydrogen (secondary N) is 2. The summed E-state index contributed by atoms with van der Waals surface area (Å²) in [5.41, 5.74) is 1.80. The summed E-state index contributed by atoms with van der Waals surface area (Å²) in [5.74, 6) is -2.29. The van der Waals surface area contributed by atoms with Crippen LogP contribution in [0.1, 0.15) is 74.6 Å². The number of aromatic nitrogens is 3. The van der Waals surface area contributed by atoms with E-state index in [-0.39, 0.29) is 36.3 Å². The minimum Gasteiger partial charge on any atom is -0.344 e. The molecule has 13 heteroatoms. The molecule has 1 aromatic carbocycles. The number of pyridine rings is 1. The summed E-state index contributed by atoms with van der Waals surface area (Å²) in [6, 6.07) is 11.0. The molecular formula is C38H49FN8O4. The molecule has 2 aromatic heterocycles. The zero-order chi connectivity index (χ0) is 36.3. The number of aliphatic imine (C=N–C) groups is 1. The molecule has 1 saturated carbocycles. The lowest BCUT2D eigenvalue weighted by Gasteiger charge is -2.36. The Morgan fingerprint density at radius 1 is 1.00 bits per heavy atom. The molecule has 12 nitrogen and oxygen atoms in total. The van der Waals surface area contributed by atoms with Crippen molar-refractivity contribution in [2.45, 2.75) is 78.4 Å². The van der Waals surface area contributed by atoms with E-state index in [1.807, 2.05) is 25.1 Å². The van der Waals surface area contributed by atoms with E-state index in [1.165, 1.54) is 24.5 Å². The van der Waals surface area contributed by atoms with E-state index in [9.17, 15) is 19.2 Å². The lowest BCUT2D eigenvalue weighted by atomic mass is 9.76. The first-order valence-electron chi connectivity index (χ1n) is 18.0. The van der Waals surface area contributed by atoms with E-state index in [1.54, 1.807) is 34.8 Å². The second-order valence-corrected chi connectivity index (χ2v) is 13.6. The largest absolute Gasteiger partial charge is 0.344 e. The van der Waals surface area contributed by atoms with Crippen LogP contribution in [0, 0.1) is 23.6 Å². The predicted molar refractivity (Wildman–Crippen MR) is 192 cm³/mol. The Morgan fingerprint density at radius 3 is 2.43 bits per heavy atom. The number of hydrogen-bond acceptors (Lipinski definition) is 7. The first-order chi connectivity index (χ1) is 24.6. The Labute approximate surface area is 298 Å². The average molecular weight is 701 g/mol. The van der Waals surface area contributed by atoms with Crippen LogP contribution in [0.25, 0.3) is 0 Å². The van der Waals surface area contributed by atoms with Crippen molar-refractivity contribution in [2.75, 3.05) is 31.5 Å². The topological polar surface area (TPSA) is 142 Å². The van der Waals surface area contributed by atoms with E-state index in [2.05, 4.69) is 37.5 Å². The van der Waals surface area contributed by atoms with Gasteiger partial charge in [-0.1, -0.05) is 38.8 Å². The number of piperazine rings is 1. The maximum absolute atomic E-state index is 15.6. The summed E-state index contributed by atoms with van der Waals surface area (Å²) in [7, 11) is 0. The van der Waals surface area contributed by atoms with Crippen LogP contribution in [0.2, 0.25) is 0 Å². The van der Waals surface area contributed by atoms with Gasteiger partial charge in [0, 0.05) is 70.7 Å². The molecule has 2 atom stereocenters. The minimum atomic E-state index is -0.865. The standard InChI is InChI=1S/C38H49FN8O4/c1-4-35(48)43-33(38(51)46-20-18-45(19-21-46)25-29-8-6-7-16-40-29)23-27-11-14-32(31(39)22-27)44-36(49)30(28-12-9-26(3)10-13-28)24-41-37(50)34-15-17-42-47(34)5-2/h6-8,11,14-17,22,24,26,28,30,33H,4-5,9-10,12-13,18-21,23,25H2,1-3H3,(H,43,48)(H,44,49)/t26?,28?,30?,33-/m1/s1. The highest BCUT2D eigenvalue weighted by molar-refractivity contribution is 6.06. The van der Waals surface area contributed by atoms with Crippen molar-refractivity contribution in [1.29, 1.82) is 0 Å². The molecule has 0 radical (unpaired) electrons. The Kier molecular flexibility index (Phi) is 13.2. The smallest absolute Gasteiger partial charge is 0.294 e. The summed E-state index contributed by atoms with van der Waals surface area (Å²) < 4.78 is 17.1. The minimum absolute atomic E-state index is 0.00814. The normalized spacial score (nSPS) is 19.4. The van der Waals surface area contributed by atoms with Crippen LogP contribution in [-0.4, -0.2) is 86.6 Å². The Balaban J connectivity index is 1.25. The zero-order valence-electron chi connectivity index (χ0n) is 29.8. The molecule has 3 heterocycles. The Morgan fingerprint density at radius 2 is 1.76 bits per heavy atom. The van der Waals surface area contributed by atoms with Crippen molar-refractivity contribution in [2.24, 2.45) is 22.7 Å². The van der Waals surface area contributed by atoms with E-state index in [4.69, 9.17) is 0 Å². The van der Waals surface area contributed by atoms with Gasteiger partial charge in [-0.25, -0.2) is 9.38 Å². The van der Waals surface area contributed by atoms with Gasteiger partial charge in [0.25, 0.3) is 5.91 Å². The molecule has 1 aliphatic heterocycles. The molecule has 2 aliphatic rings. The van der Waals surface area contributed by atoms with Crippen LogP contribution >= 0.6 is 0 Å². The highest BCUT2D eigenvalue weighted by Crippen LogP contribution is 2.33. The molecule has 5 rings (SSSR count). The first kappa shape index (κ1) is 37.5. The van der Waals surface area contributed by atoms with E-state index in [0.29, 0.717) is 56.4 Å². The highest BCUT2D eigenvalue weighted by atomic mass is 19.1. The van der Waals surface area contributed by atoms with E-state index in [0.717, 1.165) is 31.4 Å². The Hall–Kier alpha value is -4.78. The third-order valence-corrected chi connectivity index (χ3v) is 9.94. The van der Waals surface area contributed by atoms with Crippen LogP contribution in [0.3, 0.4) is 0 Å². The van der Waals surface area contributed by atoms with Gasteiger partial charge in [0.15, 0.2) is 0 Å². The van der Waals surface area contributed by atoms with Crippen molar-refractivity contribution in [3.8, 4) is 0 Å². The van der Waals surface area contributed by atoms with Gasteiger partial charge in [0.2, 0.25) is 17.7 Å². The van der Waals surface area contributed by atoms with Gasteiger partial charge in [-0.05, 0) is 67.5 Å². The number of amides is 4. The predicted octanol–water partition coefficient (Wildman–Crippen LogP) is 4.51. The van der Waals surface area contributed by atoms with E-state index >= 15 is 4.39 Å². The third kappa shape index (κ3) is 10.2. The number of benzene rings is 1. The summed E-state index contributed by atoms with van der Waals surface area (Å²) in [5, 5.41) is 9.69. The summed E-state index contributed by atoms with van der Waals surface area (Å²) in [6.45, 7) is 9.31. The van der Waals surface area contributed by atoms with Crippen LogP contribution in [-0.2, 0) is 33.9 Å². The zero-order valence-corrected chi connectivity index (χ0v) is 29.8. The van der Waals surface area contributed by atoms with Crippen molar-refractivity contribution < 1.29 is 23.6 Å². The lowest BCUT2D eigenvalue weighted by Crippen LogP contribution is -2.55. The molecule has 2 fully saturated rings. The molecule has 51 heavy (non-hydrogen) atoms. The maximum Gasteiger partial charge on any atom is 0.294 e. The number of hydrogen-bond donors (Lipinski definition) is 2. The first-order valence-corrected chi connectivity index (χ1v) is 18.0. The van der Waals surface area contributed by atoms with Gasteiger partial charge in [-0.15, -0.1) is 0 Å². The number of halogens is 1. The SMILES string of the molecule is CCC(=O)N[C@H](Cc1ccc(NC(=O)C(C=NC(=O)c2ccnn2CC)C2CCC(C)CC2)c(F)c1)C(=O)N1CCN(Cc2ccccn2)CC1. The fraction of sp³-hybridized carbons (Fsp3) is 0.500. The molecule has 1 unspecified atom stereocenters. The van der Waals surface area contributed by atoms with Gasteiger partial charge < -0.3 is 15.5 Å². The third-order valence-electron chi connectivity index (χ3n) is 9.94. The van der Waals surface area contributed by atoms with Gasteiger partial charge >= 0.3 is 0 Å². The van der Waals surface area contributed by atoms with Gasteiger partial charge in [0.05, 0.1) is 17.3 Å². The molecule has 0 bridgehead atoms. The number of nitrogens with zero attached hydrogens (tertiary/aromatic N) is 6. The van der Waals surface area contributed by atoms with Crippen molar-refractivity contribution in [3.63, 3.8) is 0 Å². The molecule has 1 saturated heterocycles. The van der Waals surface area contributed by atoms with Crippen molar-refractivity contribution in [3.05, 3.63) is 77.6 Å². The van der Waals surface area contributed by atoms with E-state index < -0.39 is 29.6 Å². The fourth-order valence-corrected chi connectivity index (χ4v) is 6.83. The molecule has 272 valence electrons. The summed E-state index contributed by atoms with van der Waals surface area (Å²) in [6.07, 6.45) is 8.51. The number of carbonyl (C=O) groups excluding carboxylic acids is 4. The van der Waals surface area contributed by atoms with Crippen molar-refractivity contribution >= 4 is 35.5 Å². The number of rotatable bonds is 13. The lowest BCUT2D eigenvalue weighted by molar-refractivity contribution is -0.138. The number of anilines is 1. The number of carbonyl (C=O) groups is 4. The second kappa shape index (κ2) is 17.9. The maximum atomic E-state index is 15.6. The molecule has 1 aliphatic carbocycles. The van der Waals surface area contributed by atoms with Crippen LogP contribution in [0.15, 0.2) is 59.9 Å². The van der Waals surface area contributed by atoms with Gasteiger partial charge in [-0.3, -0.25) is 33.7 Å². The summed E-state index contributed by atoms with van der Waals surface area (Å²) in [4.78, 5) is 65.2. The average Bonchev–Trinajstić information content (AvgIpc) is 3.63. The molecule has 2 N–H and O–H groups in total. The van der Waals surface area contributed by atoms with Gasteiger partial charge in [-0.2, -0.15) is 5.10 Å². The quantitative estimate of drug-likeness (QED) is 0.250.